The number of anilines is 2. The molecule has 0 atom stereocenters. The van der Waals surface area contributed by atoms with Gasteiger partial charge in [-0.05, 0) is 33.9 Å². The first-order valence-corrected chi connectivity index (χ1v) is 6.27. The maximum absolute atomic E-state index is 4.29. The van der Waals surface area contributed by atoms with E-state index in [1.165, 1.54) is 0 Å². The van der Waals surface area contributed by atoms with Crippen LogP contribution in [0.2, 0.25) is 0 Å². The second kappa shape index (κ2) is 7.84. The number of aromatic nitrogens is 2. The van der Waals surface area contributed by atoms with Gasteiger partial charge in [0.1, 0.15) is 18.0 Å². The van der Waals surface area contributed by atoms with Crippen molar-refractivity contribution in [2.75, 3.05) is 43.4 Å². The quantitative estimate of drug-likeness (QED) is 0.668. The van der Waals surface area contributed by atoms with E-state index < -0.39 is 0 Å². The van der Waals surface area contributed by atoms with Gasteiger partial charge in [-0.25, -0.2) is 9.97 Å². The lowest BCUT2D eigenvalue weighted by Crippen LogP contribution is -2.23. The number of nitrogens with zero attached hydrogens (tertiary/aromatic N) is 3. The van der Waals surface area contributed by atoms with E-state index in [0.717, 1.165) is 44.2 Å². The van der Waals surface area contributed by atoms with Crippen molar-refractivity contribution in [1.29, 1.82) is 0 Å². The topological polar surface area (TPSA) is 53.1 Å². The molecule has 1 rings (SSSR count). The molecular formula is C12H23N5. The van der Waals surface area contributed by atoms with Crippen molar-refractivity contribution in [2.24, 2.45) is 0 Å². The van der Waals surface area contributed by atoms with Crippen molar-refractivity contribution in [2.45, 2.75) is 20.3 Å². The average Bonchev–Trinajstić information content (AvgIpc) is 2.37. The van der Waals surface area contributed by atoms with E-state index in [9.17, 15) is 0 Å². The molecule has 0 aliphatic carbocycles. The molecule has 2 N–H and O–H groups in total. The molecule has 0 aliphatic rings. The average molecular weight is 237 g/mol. The summed E-state index contributed by atoms with van der Waals surface area (Å²) in [6, 6.07) is 2.01. The lowest BCUT2D eigenvalue weighted by molar-refractivity contribution is 0.746. The summed E-state index contributed by atoms with van der Waals surface area (Å²) in [5.41, 5.74) is 0. The van der Waals surface area contributed by atoms with Gasteiger partial charge in [0, 0.05) is 25.7 Å². The minimum Gasteiger partial charge on any atom is -0.370 e. The minimum absolute atomic E-state index is 0.901. The summed E-state index contributed by atoms with van der Waals surface area (Å²) in [5.74, 6) is 1.89. The van der Waals surface area contributed by atoms with E-state index >= 15 is 0 Å². The normalized spacial score (nSPS) is 10.3. The Kier molecular flexibility index (Phi) is 6.32. The lowest BCUT2D eigenvalue weighted by Gasteiger charge is -2.19. The first-order chi connectivity index (χ1) is 8.31. The van der Waals surface area contributed by atoms with Crippen molar-refractivity contribution in [3.05, 3.63) is 12.4 Å². The fraction of sp³-hybridized carbons (Fsp3) is 0.667. The molecule has 0 amide bonds. The Balaban J connectivity index is 2.53. The van der Waals surface area contributed by atoms with Crippen LogP contribution in [0.5, 0.6) is 0 Å². The van der Waals surface area contributed by atoms with Crippen molar-refractivity contribution in [3.63, 3.8) is 0 Å². The zero-order chi connectivity index (χ0) is 12.5. The minimum atomic E-state index is 0.901. The SMILES string of the molecule is CCN(CC)c1cc(NCCCNC)ncn1. The molecule has 1 aromatic heterocycles. The van der Waals surface area contributed by atoms with Crippen LogP contribution in [-0.2, 0) is 0 Å². The first kappa shape index (κ1) is 13.7. The van der Waals surface area contributed by atoms with Crippen molar-refractivity contribution in [3.8, 4) is 0 Å². The molecule has 0 unspecified atom stereocenters. The van der Waals surface area contributed by atoms with Crippen LogP contribution in [0.15, 0.2) is 12.4 Å². The molecule has 5 nitrogen and oxygen atoms in total. The summed E-state index contributed by atoms with van der Waals surface area (Å²) < 4.78 is 0. The van der Waals surface area contributed by atoms with E-state index in [2.05, 4.69) is 39.3 Å². The summed E-state index contributed by atoms with van der Waals surface area (Å²) in [6.07, 6.45) is 2.70. The van der Waals surface area contributed by atoms with Gasteiger partial charge >= 0.3 is 0 Å². The fourth-order valence-corrected chi connectivity index (χ4v) is 1.65. The number of rotatable bonds is 8. The molecule has 0 radical (unpaired) electrons. The monoisotopic (exact) mass is 237 g/mol. The van der Waals surface area contributed by atoms with Gasteiger partial charge in [0.15, 0.2) is 0 Å². The summed E-state index contributed by atoms with van der Waals surface area (Å²) in [5, 5.41) is 6.43. The Morgan fingerprint density at radius 2 is 1.94 bits per heavy atom. The highest BCUT2D eigenvalue weighted by Crippen LogP contribution is 2.13. The number of hydrogen-bond acceptors (Lipinski definition) is 5. The van der Waals surface area contributed by atoms with Crippen molar-refractivity contribution < 1.29 is 0 Å². The number of nitrogens with one attached hydrogen (secondary N) is 2. The Labute approximate surface area is 104 Å². The predicted octanol–water partition coefficient (Wildman–Crippen LogP) is 1.34. The Morgan fingerprint density at radius 3 is 2.59 bits per heavy atom. The third kappa shape index (κ3) is 4.56. The second-order valence-electron chi connectivity index (χ2n) is 3.82. The molecule has 5 heteroatoms. The maximum atomic E-state index is 4.29. The lowest BCUT2D eigenvalue weighted by atomic mass is 10.4. The van der Waals surface area contributed by atoms with Gasteiger partial charge in [-0.1, -0.05) is 0 Å². The Hall–Kier alpha value is -1.36. The van der Waals surface area contributed by atoms with Crippen LogP contribution in [-0.4, -0.2) is 43.2 Å². The van der Waals surface area contributed by atoms with Crippen molar-refractivity contribution >= 4 is 11.6 Å². The zero-order valence-electron chi connectivity index (χ0n) is 11.0. The van der Waals surface area contributed by atoms with Gasteiger partial charge < -0.3 is 15.5 Å². The van der Waals surface area contributed by atoms with Crippen LogP contribution in [0.1, 0.15) is 20.3 Å². The van der Waals surface area contributed by atoms with Gasteiger partial charge in [0.2, 0.25) is 0 Å². The van der Waals surface area contributed by atoms with Crippen LogP contribution >= 0.6 is 0 Å². The molecule has 0 saturated heterocycles. The second-order valence-corrected chi connectivity index (χ2v) is 3.82. The highest BCUT2D eigenvalue weighted by molar-refractivity contribution is 5.48. The smallest absolute Gasteiger partial charge is 0.134 e. The van der Waals surface area contributed by atoms with Crippen molar-refractivity contribution in [1.82, 2.24) is 15.3 Å². The molecule has 96 valence electrons. The molecule has 0 saturated carbocycles. The summed E-state index contributed by atoms with van der Waals surface area (Å²) in [4.78, 5) is 10.7. The molecule has 0 aromatic carbocycles. The molecule has 0 spiro atoms. The highest BCUT2D eigenvalue weighted by Gasteiger charge is 2.04. The van der Waals surface area contributed by atoms with Crippen LogP contribution < -0.4 is 15.5 Å². The fourth-order valence-electron chi connectivity index (χ4n) is 1.65. The van der Waals surface area contributed by atoms with Gasteiger partial charge in [0.05, 0.1) is 0 Å². The predicted molar refractivity (Wildman–Crippen MR) is 72.6 cm³/mol. The van der Waals surface area contributed by atoms with E-state index in [0.29, 0.717) is 0 Å². The van der Waals surface area contributed by atoms with Gasteiger partial charge in [0.25, 0.3) is 0 Å². The first-order valence-electron chi connectivity index (χ1n) is 6.27. The molecule has 0 fully saturated rings. The van der Waals surface area contributed by atoms with Gasteiger partial charge in [-0.2, -0.15) is 0 Å². The molecule has 1 heterocycles. The van der Waals surface area contributed by atoms with Crippen LogP contribution in [0.3, 0.4) is 0 Å². The third-order valence-electron chi connectivity index (χ3n) is 2.65. The summed E-state index contributed by atoms with van der Waals surface area (Å²) >= 11 is 0. The van der Waals surface area contributed by atoms with Crippen LogP contribution in [0, 0.1) is 0 Å². The van der Waals surface area contributed by atoms with Gasteiger partial charge in [-0.15, -0.1) is 0 Å². The van der Waals surface area contributed by atoms with Crippen LogP contribution in [0.25, 0.3) is 0 Å². The zero-order valence-corrected chi connectivity index (χ0v) is 11.0. The molecule has 0 aliphatic heterocycles. The highest BCUT2D eigenvalue weighted by atomic mass is 15.2. The molecule has 0 bridgehead atoms. The van der Waals surface area contributed by atoms with Gasteiger partial charge in [-0.3, -0.25) is 0 Å². The van der Waals surface area contributed by atoms with E-state index in [1.54, 1.807) is 6.33 Å². The number of hydrogen-bond donors (Lipinski definition) is 2. The van der Waals surface area contributed by atoms with E-state index in [1.807, 2.05) is 13.1 Å². The maximum Gasteiger partial charge on any atom is 0.134 e. The van der Waals surface area contributed by atoms with E-state index in [4.69, 9.17) is 0 Å². The summed E-state index contributed by atoms with van der Waals surface area (Å²) in [7, 11) is 1.96. The molecule has 1 aromatic rings. The van der Waals surface area contributed by atoms with E-state index in [-0.39, 0.29) is 0 Å². The standard InChI is InChI=1S/C12H23N5/c1-4-17(5-2)12-9-11(15-10-16-12)14-8-6-7-13-3/h9-10,13H,4-8H2,1-3H3,(H,14,15,16). The molecule has 17 heavy (non-hydrogen) atoms. The third-order valence-corrected chi connectivity index (χ3v) is 2.65. The van der Waals surface area contributed by atoms with Crippen LogP contribution in [0.4, 0.5) is 11.6 Å². The Bertz CT molecular complexity index is 312. The Morgan fingerprint density at radius 1 is 1.18 bits per heavy atom. The molecular weight excluding hydrogens is 214 g/mol. The largest absolute Gasteiger partial charge is 0.370 e. The summed E-state index contributed by atoms with van der Waals surface area (Å²) in [6.45, 7) is 8.13.